The third-order valence-corrected chi connectivity index (χ3v) is 4.98. The molecule has 0 saturated heterocycles. The van der Waals surface area contributed by atoms with E-state index in [0.717, 1.165) is 11.3 Å². The molecular formula is C14H15F3N4O2S. The van der Waals surface area contributed by atoms with E-state index in [9.17, 15) is 22.8 Å². The molecule has 1 aliphatic carbocycles. The third kappa shape index (κ3) is 3.74. The summed E-state index contributed by atoms with van der Waals surface area (Å²) in [5, 5.41) is 8.11. The number of rotatable bonds is 3. The van der Waals surface area contributed by atoms with Crippen molar-refractivity contribution in [3.05, 3.63) is 11.1 Å². The Hall–Kier alpha value is -1.97. The molecule has 130 valence electrons. The number of carbonyl (C=O) groups excluding carboxylic acids is 2. The van der Waals surface area contributed by atoms with Crippen LogP contribution < -0.4 is 10.7 Å². The standard InChI is InChI=1S/C14H15F3N4O2S/c15-14(16,17)8-3-1-2-7(4-8)10-6-24-13(18-10)19-12(23)9-5-11(22)21-20-9/h6-8H,1-5H2,(H,21,22)(H,18,19,23). The summed E-state index contributed by atoms with van der Waals surface area (Å²) in [6, 6.07) is 0. The first-order chi connectivity index (χ1) is 11.3. The zero-order valence-electron chi connectivity index (χ0n) is 12.5. The molecule has 1 aromatic rings. The van der Waals surface area contributed by atoms with Gasteiger partial charge in [-0.2, -0.15) is 18.3 Å². The second kappa shape index (κ2) is 6.50. The molecular weight excluding hydrogens is 345 g/mol. The monoisotopic (exact) mass is 360 g/mol. The molecule has 10 heteroatoms. The lowest BCUT2D eigenvalue weighted by molar-refractivity contribution is -0.183. The van der Waals surface area contributed by atoms with Crippen molar-refractivity contribution in [2.24, 2.45) is 11.0 Å². The maximum Gasteiger partial charge on any atom is 0.391 e. The second-order valence-corrected chi connectivity index (χ2v) is 6.76. The number of thiazole rings is 1. The summed E-state index contributed by atoms with van der Waals surface area (Å²) in [7, 11) is 0. The van der Waals surface area contributed by atoms with E-state index in [1.54, 1.807) is 5.38 Å². The Kier molecular flexibility index (Phi) is 4.57. The van der Waals surface area contributed by atoms with Gasteiger partial charge in [0.2, 0.25) is 5.91 Å². The highest BCUT2D eigenvalue weighted by atomic mass is 32.1. The van der Waals surface area contributed by atoms with E-state index < -0.39 is 18.0 Å². The van der Waals surface area contributed by atoms with Crippen LogP contribution in [-0.2, 0) is 9.59 Å². The van der Waals surface area contributed by atoms with Crippen LogP contribution in [0.2, 0.25) is 0 Å². The number of hydrogen-bond donors (Lipinski definition) is 2. The minimum Gasteiger partial charge on any atom is -0.297 e. The average Bonchev–Trinajstić information content (AvgIpc) is 3.16. The number of carbonyl (C=O) groups is 2. The van der Waals surface area contributed by atoms with Crippen molar-refractivity contribution in [2.75, 3.05) is 5.32 Å². The van der Waals surface area contributed by atoms with Crippen molar-refractivity contribution in [2.45, 2.75) is 44.2 Å². The topological polar surface area (TPSA) is 83.5 Å². The fraction of sp³-hybridized carbons (Fsp3) is 0.571. The third-order valence-electron chi connectivity index (χ3n) is 4.20. The number of nitrogens with zero attached hydrogens (tertiary/aromatic N) is 2. The highest BCUT2D eigenvalue weighted by Crippen LogP contribution is 2.43. The van der Waals surface area contributed by atoms with Crippen molar-refractivity contribution in [3.8, 4) is 0 Å². The molecule has 2 heterocycles. The van der Waals surface area contributed by atoms with Gasteiger partial charge >= 0.3 is 6.18 Å². The Bertz CT molecular complexity index is 686. The van der Waals surface area contributed by atoms with E-state index in [4.69, 9.17) is 0 Å². The zero-order chi connectivity index (χ0) is 17.3. The van der Waals surface area contributed by atoms with Crippen molar-refractivity contribution >= 4 is 34.0 Å². The van der Waals surface area contributed by atoms with Gasteiger partial charge in [0.15, 0.2) is 5.13 Å². The summed E-state index contributed by atoms with van der Waals surface area (Å²) >= 11 is 1.16. The van der Waals surface area contributed by atoms with Crippen LogP contribution in [0.15, 0.2) is 10.5 Å². The smallest absolute Gasteiger partial charge is 0.297 e. The van der Waals surface area contributed by atoms with Crippen LogP contribution in [0.25, 0.3) is 0 Å². The lowest BCUT2D eigenvalue weighted by Crippen LogP contribution is -2.28. The molecule has 0 radical (unpaired) electrons. The first-order valence-electron chi connectivity index (χ1n) is 7.52. The lowest BCUT2D eigenvalue weighted by Gasteiger charge is -2.29. The van der Waals surface area contributed by atoms with Crippen molar-refractivity contribution < 1.29 is 22.8 Å². The van der Waals surface area contributed by atoms with Crippen molar-refractivity contribution in [3.63, 3.8) is 0 Å². The summed E-state index contributed by atoms with van der Waals surface area (Å²) < 4.78 is 38.7. The van der Waals surface area contributed by atoms with Gasteiger partial charge in [-0.25, -0.2) is 10.4 Å². The molecule has 0 aromatic carbocycles. The van der Waals surface area contributed by atoms with Crippen LogP contribution in [0.4, 0.5) is 18.3 Å². The summed E-state index contributed by atoms with van der Waals surface area (Å²) in [5.74, 6) is -2.44. The Morgan fingerprint density at radius 3 is 2.83 bits per heavy atom. The normalized spacial score (nSPS) is 24.5. The number of nitrogens with one attached hydrogen (secondary N) is 2. The maximum absolute atomic E-state index is 12.9. The fourth-order valence-electron chi connectivity index (χ4n) is 2.95. The Morgan fingerprint density at radius 1 is 1.38 bits per heavy atom. The van der Waals surface area contributed by atoms with Crippen LogP contribution in [0.3, 0.4) is 0 Å². The van der Waals surface area contributed by atoms with E-state index in [0.29, 0.717) is 23.7 Å². The highest BCUT2D eigenvalue weighted by Gasteiger charge is 2.42. The van der Waals surface area contributed by atoms with Crippen LogP contribution in [0.1, 0.15) is 43.7 Å². The molecule has 2 N–H and O–H groups in total. The number of hydrazone groups is 1. The minimum atomic E-state index is -4.17. The minimum absolute atomic E-state index is 0.0335. The largest absolute Gasteiger partial charge is 0.391 e. The van der Waals surface area contributed by atoms with Crippen LogP contribution in [-0.4, -0.2) is 28.7 Å². The molecule has 0 spiro atoms. The van der Waals surface area contributed by atoms with E-state index in [2.05, 4.69) is 20.8 Å². The Labute approximate surface area is 139 Å². The van der Waals surface area contributed by atoms with Crippen LogP contribution >= 0.6 is 11.3 Å². The lowest BCUT2D eigenvalue weighted by atomic mass is 9.80. The molecule has 1 aliphatic heterocycles. The predicted octanol–water partition coefficient (Wildman–Crippen LogP) is 2.79. The number of halogens is 3. The van der Waals surface area contributed by atoms with E-state index in [-0.39, 0.29) is 36.8 Å². The molecule has 1 aromatic heterocycles. The molecule has 2 atom stereocenters. The number of amides is 2. The summed E-state index contributed by atoms with van der Waals surface area (Å²) in [4.78, 5) is 27.2. The molecule has 1 saturated carbocycles. The number of anilines is 1. The predicted molar refractivity (Wildman–Crippen MR) is 81.7 cm³/mol. The first kappa shape index (κ1) is 16.9. The van der Waals surface area contributed by atoms with E-state index in [1.165, 1.54) is 0 Å². The van der Waals surface area contributed by atoms with E-state index >= 15 is 0 Å². The molecule has 1 fully saturated rings. The number of alkyl halides is 3. The summed E-state index contributed by atoms with van der Waals surface area (Å²) in [6.07, 6.45) is -2.90. The number of hydrogen-bond acceptors (Lipinski definition) is 5. The SMILES string of the molecule is O=C1CC(C(=O)Nc2nc(C3CCCC(C(F)(F)F)C3)cs2)=NN1. The van der Waals surface area contributed by atoms with Crippen molar-refractivity contribution in [1.29, 1.82) is 0 Å². The van der Waals surface area contributed by atoms with Gasteiger partial charge in [-0.15, -0.1) is 11.3 Å². The van der Waals surface area contributed by atoms with Crippen LogP contribution in [0, 0.1) is 5.92 Å². The zero-order valence-corrected chi connectivity index (χ0v) is 13.3. The molecule has 2 unspecified atom stereocenters. The van der Waals surface area contributed by atoms with Gasteiger partial charge in [0.05, 0.1) is 18.0 Å². The maximum atomic E-state index is 12.9. The molecule has 24 heavy (non-hydrogen) atoms. The Morgan fingerprint density at radius 2 is 2.17 bits per heavy atom. The Balaban J connectivity index is 1.63. The summed E-state index contributed by atoms with van der Waals surface area (Å²) in [6.45, 7) is 0. The van der Waals surface area contributed by atoms with Gasteiger partial charge in [0, 0.05) is 11.3 Å². The summed E-state index contributed by atoms with van der Waals surface area (Å²) in [5.41, 5.74) is 2.81. The molecule has 6 nitrogen and oxygen atoms in total. The van der Waals surface area contributed by atoms with Gasteiger partial charge in [-0.1, -0.05) is 6.42 Å². The quantitative estimate of drug-likeness (QED) is 0.869. The van der Waals surface area contributed by atoms with Crippen molar-refractivity contribution in [1.82, 2.24) is 10.4 Å². The van der Waals surface area contributed by atoms with Gasteiger partial charge in [0.25, 0.3) is 5.91 Å². The second-order valence-electron chi connectivity index (χ2n) is 5.90. The molecule has 2 amide bonds. The van der Waals surface area contributed by atoms with Gasteiger partial charge in [0.1, 0.15) is 5.71 Å². The molecule has 0 bridgehead atoms. The van der Waals surface area contributed by atoms with Gasteiger partial charge < -0.3 is 0 Å². The fourth-order valence-corrected chi connectivity index (χ4v) is 3.74. The highest BCUT2D eigenvalue weighted by molar-refractivity contribution is 7.14. The van der Waals surface area contributed by atoms with Crippen LogP contribution in [0.5, 0.6) is 0 Å². The van der Waals surface area contributed by atoms with Gasteiger partial charge in [-0.3, -0.25) is 14.9 Å². The number of aromatic nitrogens is 1. The first-order valence-corrected chi connectivity index (χ1v) is 8.40. The molecule has 3 rings (SSSR count). The molecule has 2 aliphatic rings. The average molecular weight is 360 g/mol. The van der Waals surface area contributed by atoms with E-state index in [1.807, 2.05) is 0 Å². The van der Waals surface area contributed by atoms with Gasteiger partial charge in [-0.05, 0) is 19.3 Å².